The van der Waals surface area contributed by atoms with Gasteiger partial charge in [0.2, 0.25) is 29.5 Å². The molecule has 6 atom stereocenters. The van der Waals surface area contributed by atoms with Crippen LogP contribution in [0, 0.1) is 23.7 Å². The van der Waals surface area contributed by atoms with E-state index in [1.807, 2.05) is 99.6 Å². The Kier molecular flexibility index (Phi) is 19.8. The molecule has 49 heavy (non-hydrogen) atoms. The Labute approximate surface area is 295 Å². The van der Waals surface area contributed by atoms with Crippen LogP contribution in [0.3, 0.4) is 0 Å². The van der Waals surface area contributed by atoms with Gasteiger partial charge in [0.15, 0.2) is 0 Å². The Bertz CT molecular complexity index is 1170. The standard InChI is InChI=1S/C38H66N6O5/c1-11-26(10)35(38(49)40-28(12-2)13-3)43-33(46)22-29(39)30(21-27-17-15-14-16-18-27)42-37(48)34(25(8)9)44-36(47)31(19-23(4)5)41-32(45)20-24(6)7/h14-18,23-26,28-31,34-35H,11-13,19-22,39H2,1-10H3,(H,40,49)(H,41,45)(H,42,48)(H,43,46)(H,44,47)/t26-,29-,30?,31-,34-,35-/m0/s1. The largest absolute Gasteiger partial charge is 0.352 e. The fourth-order valence-electron chi connectivity index (χ4n) is 5.64. The summed E-state index contributed by atoms with van der Waals surface area (Å²) in [6.45, 7) is 19.4. The van der Waals surface area contributed by atoms with Crippen molar-refractivity contribution in [2.45, 2.75) is 150 Å². The van der Waals surface area contributed by atoms with E-state index >= 15 is 0 Å². The third-order valence-corrected chi connectivity index (χ3v) is 8.91. The zero-order valence-corrected chi connectivity index (χ0v) is 31.7. The highest BCUT2D eigenvalue weighted by molar-refractivity contribution is 5.92. The van der Waals surface area contributed by atoms with Gasteiger partial charge in [0.1, 0.15) is 18.1 Å². The van der Waals surface area contributed by atoms with Gasteiger partial charge in [0.25, 0.3) is 0 Å². The molecule has 0 aliphatic carbocycles. The topological polar surface area (TPSA) is 172 Å². The van der Waals surface area contributed by atoms with Gasteiger partial charge < -0.3 is 32.3 Å². The van der Waals surface area contributed by atoms with Crippen LogP contribution in [-0.2, 0) is 30.4 Å². The number of benzene rings is 1. The lowest BCUT2D eigenvalue weighted by atomic mass is 9.94. The van der Waals surface area contributed by atoms with Crippen LogP contribution in [0.25, 0.3) is 0 Å². The van der Waals surface area contributed by atoms with E-state index in [0.717, 1.165) is 18.4 Å². The molecule has 1 rings (SSSR count). The summed E-state index contributed by atoms with van der Waals surface area (Å²) in [7, 11) is 0. The van der Waals surface area contributed by atoms with E-state index in [-0.39, 0.29) is 53.9 Å². The molecule has 0 radical (unpaired) electrons. The smallest absolute Gasteiger partial charge is 0.243 e. The molecule has 0 bridgehead atoms. The maximum Gasteiger partial charge on any atom is 0.243 e. The Balaban J connectivity index is 3.20. The summed E-state index contributed by atoms with van der Waals surface area (Å²) in [6, 6.07) is 5.68. The average Bonchev–Trinajstić information content (AvgIpc) is 3.03. The normalized spacial score (nSPS) is 15.2. The van der Waals surface area contributed by atoms with Crippen LogP contribution in [0.5, 0.6) is 0 Å². The van der Waals surface area contributed by atoms with Gasteiger partial charge in [-0.05, 0) is 54.9 Å². The fraction of sp³-hybridized carbons (Fsp3) is 0.711. The molecular formula is C38H66N6O5. The Morgan fingerprint density at radius 1 is 0.633 bits per heavy atom. The van der Waals surface area contributed by atoms with E-state index in [1.54, 1.807) is 0 Å². The molecule has 0 aliphatic heterocycles. The highest BCUT2D eigenvalue weighted by Gasteiger charge is 2.33. The predicted octanol–water partition coefficient (Wildman–Crippen LogP) is 3.98. The first-order valence-electron chi connectivity index (χ1n) is 18.3. The van der Waals surface area contributed by atoms with Crippen molar-refractivity contribution in [1.29, 1.82) is 0 Å². The van der Waals surface area contributed by atoms with E-state index in [0.29, 0.717) is 25.7 Å². The number of carbonyl (C=O) groups excluding carboxylic acids is 5. The van der Waals surface area contributed by atoms with Crippen molar-refractivity contribution in [1.82, 2.24) is 26.6 Å². The maximum atomic E-state index is 13.9. The number of carbonyl (C=O) groups is 5. The van der Waals surface area contributed by atoms with Gasteiger partial charge in [0.05, 0.1) is 0 Å². The summed E-state index contributed by atoms with van der Waals surface area (Å²) in [5.74, 6) is -1.78. The summed E-state index contributed by atoms with van der Waals surface area (Å²) < 4.78 is 0. The first-order chi connectivity index (χ1) is 23.0. The number of nitrogens with two attached hydrogens (primary N) is 1. The molecule has 278 valence electrons. The number of hydrogen-bond donors (Lipinski definition) is 6. The number of amides is 5. The SMILES string of the molecule is CCC(CC)NC(=O)[C@@H](NC(=O)C[C@H](N)C(Cc1ccccc1)NC(=O)[C@@H](NC(=O)[C@H](CC(C)C)NC(=O)CC(C)C)C(C)C)[C@@H](C)CC. The predicted molar refractivity (Wildman–Crippen MR) is 196 cm³/mol. The summed E-state index contributed by atoms with van der Waals surface area (Å²) in [5.41, 5.74) is 7.58. The fourth-order valence-corrected chi connectivity index (χ4v) is 5.64. The van der Waals surface area contributed by atoms with Crippen LogP contribution in [0.15, 0.2) is 30.3 Å². The van der Waals surface area contributed by atoms with Gasteiger partial charge in [0, 0.05) is 31.0 Å². The van der Waals surface area contributed by atoms with Crippen LogP contribution in [-0.4, -0.2) is 65.8 Å². The third kappa shape index (κ3) is 16.2. The van der Waals surface area contributed by atoms with Crippen molar-refractivity contribution in [3.63, 3.8) is 0 Å². The molecule has 1 unspecified atom stereocenters. The zero-order chi connectivity index (χ0) is 37.3. The van der Waals surface area contributed by atoms with Gasteiger partial charge in [-0.2, -0.15) is 0 Å². The lowest BCUT2D eigenvalue weighted by molar-refractivity contribution is -0.133. The molecule has 1 aromatic rings. The average molecular weight is 687 g/mol. The Morgan fingerprint density at radius 2 is 1.20 bits per heavy atom. The van der Waals surface area contributed by atoms with Crippen molar-refractivity contribution < 1.29 is 24.0 Å². The Hall–Kier alpha value is -3.47. The molecule has 0 aromatic heterocycles. The van der Waals surface area contributed by atoms with Crippen LogP contribution < -0.4 is 32.3 Å². The molecule has 5 amide bonds. The summed E-state index contributed by atoms with van der Waals surface area (Å²) in [6.07, 6.45) is 3.22. The van der Waals surface area contributed by atoms with Crippen LogP contribution >= 0.6 is 0 Å². The second kappa shape index (κ2) is 22.3. The zero-order valence-electron chi connectivity index (χ0n) is 31.7. The third-order valence-electron chi connectivity index (χ3n) is 8.91. The second-order valence-electron chi connectivity index (χ2n) is 14.7. The van der Waals surface area contributed by atoms with Crippen molar-refractivity contribution in [2.24, 2.45) is 29.4 Å². The van der Waals surface area contributed by atoms with Gasteiger partial charge in [-0.25, -0.2) is 0 Å². The Morgan fingerprint density at radius 3 is 1.71 bits per heavy atom. The molecular weight excluding hydrogens is 620 g/mol. The second-order valence-corrected chi connectivity index (χ2v) is 14.7. The quantitative estimate of drug-likeness (QED) is 0.108. The highest BCUT2D eigenvalue weighted by Crippen LogP contribution is 2.14. The lowest BCUT2D eigenvalue weighted by Gasteiger charge is -2.31. The monoisotopic (exact) mass is 687 g/mol. The van der Waals surface area contributed by atoms with Gasteiger partial charge in [-0.1, -0.05) is 106 Å². The molecule has 0 fully saturated rings. The molecule has 11 heteroatoms. The molecule has 0 saturated carbocycles. The molecule has 0 saturated heterocycles. The van der Waals surface area contributed by atoms with E-state index in [9.17, 15) is 24.0 Å². The summed E-state index contributed by atoms with van der Waals surface area (Å²) >= 11 is 0. The van der Waals surface area contributed by atoms with E-state index in [2.05, 4.69) is 26.6 Å². The van der Waals surface area contributed by atoms with E-state index < -0.39 is 42.0 Å². The summed E-state index contributed by atoms with van der Waals surface area (Å²) in [5, 5.41) is 14.7. The first kappa shape index (κ1) is 43.6. The minimum Gasteiger partial charge on any atom is -0.352 e. The number of hydrogen-bond acceptors (Lipinski definition) is 6. The molecule has 0 aliphatic rings. The first-order valence-corrected chi connectivity index (χ1v) is 18.3. The minimum absolute atomic E-state index is 0.0232. The molecule has 1 aromatic carbocycles. The van der Waals surface area contributed by atoms with Crippen molar-refractivity contribution in [2.75, 3.05) is 0 Å². The molecule has 11 nitrogen and oxygen atoms in total. The van der Waals surface area contributed by atoms with E-state index in [1.165, 1.54) is 0 Å². The number of rotatable bonds is 22. The molecule has 0 spiro atoms. The summed E-state index contributed by atoms with van der Waals surface area (Å²) in [4.78, 5) is 66.5. The van der Waals surface area contributed by atoms with Crippen LogP contribution in [0.2, 0.25) is 0 Å². The van der Waals surface area contributed by atoms with E-state index in [4.69, 9.17) is 5.73 Å². The lowest BCUT2D eigenvalue weighted by Crippen LogP contribution is -2.59. The molecule has 7 N–H and O–H groups in total. The van der Waals surface area contributed by atoms with Crippen LogP contribution in [0.4, 0.5) is 0 Å². The van der Waals surface area contributed by atoms with Crippen molar-refractivity contribution in [3.05, 3.63) is 35.9 Å². The van der Waals surface area contributed by atoms with Gasteiger partial charge >= 0.3 is 0 Å². The van der Waals surface area contributed by atoms with Crippen molar-refractivity contribution >= 4 is 29.5 Å². The molecule has 0 heterocycles. The van der Waals surface area contributed by atoms with Crippen LogP contribution in [0.1, 0.15) is 113 Å². The number of nitrogens with one attached hydrogen (secondary N) is 5. The van der Waals surface area contributed by atoms with Crippen molar-refractivity contribution in [3.8, 4) is 0 Å². The maximum absolute atomic E-state index is 13.9. The minimum atomic E-state index is -0.910. The van der Waals surface area contributed by atoms with Gasteiger partial charge in [-0.3, -0.25) is 24.0 Å². The van der Waals surface area contributed by atoms with Gasteiger partial charge in [-0.15, -0.1) is 0 Å². The highest BCUT2D eigenvalue weighted by atomic mass is 16.2.